The van der Waals surface area contributed by atoms with E-state index in [0.29, 0.717) is 18.1 Å². The van der Waals surface area contributed by atoms with Crippen LogP contribution in [0.25, 0.3) is 6.08 Å². The van der Waals surface area contributed by atoms with E-state index >= 15 is 0 Å². The van der Waals surface area contributed by atoms with E-state index in [2.05, 4.69) is 9.72 Å². The van der Waals surface area contributed by atoms with Gasteiger partial charge in [-0.2, -0.15) is 0 Å². The summed E-state index contributed by atoms with van der Waals surface area (Å²) < 4.78 is 15.5. The number of hydrogen-bond donors (Lipinski definition) is 0. The van der Waals surface area contributed by atoms with Crippen LogP contribution in [0.15, 0.2) is 48.7 Å². The van der Waals surface area contributed by atoms with Crippen LogP contribution in [0.4, 0.5) is 0 Å². The lowest BCUT2D eigenvalue weighted by Crippen LogP contribution is -1.99. The Labute approximate surface area is 129 Å². The average molecular weight is 299 g/mol. The number of carbonyl (C=O) groups excluding carboxylic acids is 1. The van der Waals surface area contributed by atoms with Crippen molar-refractivity contribution >= 4 is 12.0 Å². The number of carbonyl (C=O) groups is 1. The third-order valence-corrected chi connectivity index (χ3v) is 2.92. The number of hydrogen-bond acceptors (Lipinski definition) is 5. The van der Waals surface area contributed by atoms with Gasteiger partial charge in [-0.25, -0.2) is 4.79 Å². The van der Waals surface area contributed by atoms with Crippen LogP contribution < -0.4 is 9.47 Å². The molecular weight excluding hydrogens is 282 g/mol. The monoisotopic (exact) mass is 299 g/mol. The van der Waals surface area contributed by atoms with E-state index in [1.807, 2.05) is 18.2 Å². The van der Waals surface area contributed by atoms with Crippen molar-refractivity contribution in [3.05, 3.63) is 59.9 Å². The Morgan fingerprint density at radius 3 is 2.77 bits per heavy atom. The van der Waals surface area contributed by atoms with Gasteiger partial charge in [-0.1, -0.05) is 6.07 Å². The summed E-state index contributed by atoms with van der Waals surface area (Å²) in [6.45, 7) is 0.340. The van der Waals surface area contributed by atoms with Gasteiger partial charge < -0.3 is 14.2 Å². The zero-order valence-corrected chi connectivity index (χ0v) is 12.5. The molecule has 1 aromatic carbocycles. The second kappa shape index (κ2) is 7.83. The summed E-state index contributed by atoms with van der Waals surface area (Å²) in [4.78, 5) is 15.4. The number of esters is 1. The van der Waals surface area contributed by atoms with E-state index in [1.54, 1.807) is 37.6 Å². The van der Waals surface area contributed by atoms with Crippen LogP contribution in [0, 0.1) is 0 Å². The molecule has 0 aliphatic carbocycles. The highest BCUT2D eigenvalue weighted by Gasteiger charge is 2.05. The second-order valence-electron chi connectivity index (χ2n) is 4.37. The smallest absolute Gasteiger partial charge is 0.330 e. The highest BCUT2D eigenvalue weighted by atomic mass is 16.5. The van der Waals surface area contributed by atoms with Gasteiger partial charge in [0.25, 0.3) is 0 Å². The lowest BCUT2D eigenvalue weighted by molar-refractivity contribution is -0.134. The van der Waals surface area contributed by atoms with Crippen LogP contribution in [0.3, 0.4) is 0 Å². The predicted molar refractivity (Wildman–Crippen MR) is 82.6 cm³/mol. The van der Waals surface area contributed by atoms with Crippen LogP contribution in [0.1, 0.15) is 11.3 Å². The Bertz CT molecular complexity index is 653. The van der Waals surface area contributed by atoms with Gasteiger partial charge in [-0.15, -0.1) is 0 Å². The normalized spacial score (nSPS) is 10.5. The quantitative estimate of drug-likeness (QED) is 0.606. The van der Waals surface area contributed by atoms with Gasteiger partial charge in [0, 0.05) is 17.8 Å². The van der Waals surface area contributed by atoms with Crippen LogP contribution in [-0.4, -0.2) is 25.2 Å². The summed E-state index contributed by atoms with van der Waals surface area (Å²) in [6, 6.07) is 11.0. The number of methoxy groups -OCH3 is 2. The Hall–Kier alpha value is -2.82. The van der Waals surface area contributed by atoms with Crippen molar-refractivity contribution in [3.8, 4) is 11.5 Å². The van der Waals surface area contributed by atoms with Crippen molar-refractivity contribution in [1.29, 1.82) is 0 Å². The zero-order chi connectivity index (χ0) is 15.8. The Morgan fingerprint density at radius 2 is 2.09 bits per heavy atom. The fourth-order valence-corrected chi connectivity index (χ4v) is 1.78. The number of nitrogens with zero attached hydrogens (tertiary/aromatic N) is 1. The van der Waals surface area contributed by atoms with Crippen molar-refractivity contribution in [3.63, 3.8) is 0 Å². The Morgan fingerprint density at radius 1 is 1.23 bits per heavy atom. The van der Waals surface area contributed by atoms with Crippen LogP contribution in [-0.2, 0) is 16.1 Å². The highest BCUT2D eigenvalue weighted by molar-refractivity contribution is 5.87. The third-order valence-electron chi connectivity index (χ3n) is 2.92. The molecule has 0 spiro atoms. The van der Waals surface area contributed by atoms with Gasteiger partial charge in [-0.3, -0.25) is 4.98 Å². The van der Waals surface area contributed by atoms with Crippen molar-refractivity contribution in [2.45, 2.75) is 6.61 Å². The molecule has 1 aromatic heterocycles. The van der Waals surface area contributed by atoms with Crippen LogP contribution in [0.2, 0.25) is 0 Å². The van der Waals surface area contributed by atoms with Crippen molar-refractivity contribution in [1.82, 2.24) is 4.98 Å². The minimum Gasteiger partial charge on any atom is -0.497 e. The van der Waals surface area contributed by atoms with Gasteiger partial charge in [0.2, 0.25) is 0 Å². The number of pyridine rings is 1. The Kier molecular flexibility index (Phi) is 5.54. The first kappa shape index (κ1) is 15.6. The molecule has 0 unspecified atom stereocenters. The van der Waals surface area contributed by atoms with E-state index in [0.717, 1.165) is 11.3 Å². The molecular formula is C17H17NO4. The minimum absolute atomic E-state index is 0.340. The van der Waals surface area contributed by atoms with Crippen LogP contribution in [0.5, 0.6) is 11.5 Å². The molecule has 0 saturated heterocycles. The lowest BCUT2D eigenvalue weighted by Gasteiger charge is -2.10. The van der Waals surface area contributed by atoms with Crippen molar-refractivity contribution in [2.24, 2.45) is 0 Å². The van der Waals surface area contributed by atoms with E-state index in [9.17, 15) is 4.79 Å². The van der Waals surface area contributed by atoms with Crippen molar-refractivity contribution < 1.29 is 19.0 Å². The van der Waals surface area contributed by atoms with E-state index in [1.165, 1.54) is 13.2 Å². The maximum absolute atomic E-state index is 11.2. The highest BCUT2D eigenvalue weighted by Crippen LogP contribution is 2.26. The first-order valence-electron chi connectivity index (χ1n) is 6.69. The number of rotatable bonds is 6. The summed E-state index contributed by atoms with van der Waals surface area (Å²) in [5, 5.41) is 0. The number of ether oxygens (including phenoxy) is 3. The standard InChI is InChI=1S/C17H17NO4/c1-20-15-7-8-16(13(11-15)6-9-17(19)21-2)22-12-14-5-3-4-10-18-14/h3-11H,12H2,1-2H3. The summed E-state index contributed by atoms with van der Waals surface area (Å²) >= 11 is 0. The summed E-state index contributed by atoms with van der Waals surface area (Å²) in [5.41, 5.74) is 1.54. The SMILES string of the molecule is COC(=O)C=Cc1cc(OC)ccc1OCc1ccccn1. The van der Waals surface area contributed by atoms with E-state index < -0.39 is 5.97 Å². The first-order valence-corrected chi connectivity index (χ1v) is 6.69. The molecule has 0 N–H and O–H groups in total. The second-order valence-corrected chi connectivity index (χ2v) is 4.37. The molecule has 0 amide bonds. The topological polar surface area (TPSA) is 57.7 Å². The van der Waals surface area contributed by atoms with Gasteiger partial charge in [-0.05, 0) is 36.4 Å². The molecule has 22 heavy (non-hydrogen) atoms. The van der Waals surface area contributed by atoms with Gasteiger partial charge in [0.1, 0.15) is 18.1 Å². The van der Waals surface area contributed by atoms with Gasteiger partial charge >= 0.3 is 5.97 Å². The molecule has 2 rings (SSSR count). The number of benzene rings is 1. The molecule has 0 bridgehead atoms. The third kappa shape index (κ3) is 4.34. The minimum atomic E-state index is -0.432. The largest absolute Gasteiger partial charge is 0.497 e. The fraction of sp³-hybridized carbons (Fsp3) is 0.176. The molecule has 2 aromatic rings. The average Bonchev–Trinajstić information content (AvgIpc) is 2.58. The fourth-order valence-electron chi connectivity index (χ4n) is 1.78. The molecule has 0 aliphatic heterocycles. The van der Waals surface area contributed by atoms with Gasteiger partial charge in [0.05, 0.1) is 19.9 Å². The molecule has 1 heterocycles. The molecule has 0 fully saturated rings. The lowest BCUT2D eigenvalue weighted by atomic mass is 10.1. The number of aromatic nitrogens is 1. The summed E-state index contributed by atoms with van der Waals surface area (Å²) in [6.07, 6.45) is 4.68. The summed E-state index contributed by atoms with van der Waals surface area (Å²) in [5.74, 6) is 0.875. The van der Waals surface area contributed by atoms with Crippen molar-refractivity contribution in [2.75, 3.05) is 14.2 Å². The predicted octanol–water partition coefficient (Wildman–Crippen LogP) is 2.86. The Balaban J connectivity index is 2.18. The molecule has 0 atom stereocenters. The molecule has 114 valence electrons. The van der Waals surface area contributed by atoms with E-state index in [4.69, 9.17) is 9.47 Å². The van der Waals surface area contributed by atoms with Crippen LogP contribution >= 0.6 is 0 Å². The zero-order valence-electron chi connectivity index (χ0n) is 12.5. The molecule has 0 saturated carbocycles. The van der Waals surface area contributed by atoms with Gasteiger partial charge in [0.15, 0.2) is 0 Å². The summed E-state index contributed by atoms with van der Waals surface area (Å²) in [7, 11) is 2.91. The maximum Gasteiger partial charge on any atom is 0.330 e. The molecule has 5 nitrogen and oxygen atoms in total. The van der Waals surface area contributed by atoms with E-state index in [-0.39, 0.29) is 0 Å². The maximum atomic E-state index is 11.2. The first-order chi connectivity index (χ1) is 10.7. The molecule has 0 radical (unpaired) electrons. The molecule has 5 heteroatoms. The molecule has 0 aliphatic rings.